The second-order valence-corrected chi connectivity index (χ2v) is 6.39. The highest BCUT2D eigenvalue weighted by molar-refractivity contribution is 7.16. The summed E-state index contributed by atoms with van der Waals surface area (Å²) >= 11 is 7.33. The number of piperidine rings is 1. The fraction of sp³-hybridized carbons (Fsp3) is 0.667. The third-order valence-electron chi connectivity index (χ3n) is 3.23. The van der Waals surface area contributed by atoms with Gasteiger partial charge in [0.1, 0.15) is 6.10 Å². The van der Waals surface area contributed by atoms with Gasteiger partial charge in [-0.05, 0) is 44.0 Å². The number of hydrogen-bond donors (Lipinski definition) is 1. The lowest BCUT2D eigenvalue weighted by Gasteiger charge is -2.31. The number of aliphatic hydroxyl groups excluding tert-OH is 1. The number of likely N-dealkylation sites (tertiary alicyclic amines) is 1. The van der Waals surface area contributed by atoms with E-state index in [2.05, 4.69) is 11.8 Å². The van der Waals surface area contributed by atoms with Crippen molar-refractivity contribution in [3.63, 3.8) is 0 Å². The van der Waals surface area contributed by atoms with Gasteiger partial charge in [0.15, 0.2) is 0 Å². The van der Waals surface area contributed by atoms with Crippen molar-refractivity contribution in [3.05, 3.63) is 21.3 Å². The maximum absolute atomic E-state index is 10.1. The van der Waals surface area contributed by atoms with E-state index in [1.807, 2.05) is 12.1 Å². The van der Waals surface area contributed by atoms with E-state index in [-0.39, 0.29) is 6.10 Å². The Kier molecular flexibility index (Phi) is 4.25. The number of nitrogens with zero attached hydrogens (tertiary/aromatic N) is 1. The third-order valence-corrected chi connectivity index (χ3v) is 4.56. The molecular weight excluding hydrogens is 242 g/mol. The fourth-order valence-corrected chi connectivity index (χ4v) is 3.12. The Morgan fingerprint density at radius 1 is 1.50 bits per heavy atom. The normalized spacial score (nSPS) is 21.2. The first kappa shape index (κ1) is 12.4. The maximum Gasteiger partial charge on any atom is 0.101 e. The topological polar surface area (TPSA) is 23.5 Å². The van der Waals surface area contributed by atoms with Gasteiger partial charge in [-0.15, -0.1) is 11.3 Å². The molecule has 4 heteroatoms. The van der Waals surface area contributed by atoms with Crippen LogP contribution in [-0.4, -0.2) is 29.6 Å². The van der Waals surface area contributed by atoms with E-state index in [1.165, 1.54) is 24.2 Å². The highest BCUT2D eigenvalue weighted by atomic mass is 35.5. The minimum absolute atomic E-state index is 0.383. The molecule has 1 aromatic rings. The SMILES string of the molecule is CC1CCN(CC(O)c2ccc(Cl)s2)CC1. The van der Waals surface area contributed by atoms with Crippen LogP contribution >= 0.6 is 22.9 Å². The lowest BCUT2D eigenvalue weighted by molar-refractivity contribution is 0.0938. The van der Waals surface area contributed by atoms with Crippen molar-refractivity contribution in [1.29, 1.82) is 0 Å². The molecule has 1 N–H and O–H groups in total. The van der Waals surface area contributed by atoms with Crippen LogP contribution in [0.25, 0.3) is 0 Å². The molecule has 16 heavy (non-hydrogen) atoms. The van der Waals surface area contributed by atoms with Crippen LogP contribution in [0.4, 0.5) is 0 Å². The number of β-amino-alcohol motifs (C(OH)–C–C–N with tert-alkyl or cyclic N) is 1. The van der Waals surface area contributed by atoms with Gasteiger partial charge in [-0.2, -0.15) is 0 Å². The van der Waals surface area contributed by atoms with Gasteiger partial charge >= 0.3 is 0 Å². The average molecular weight is 260 g/mol. The lowest BCUT2D eigenvalue weighted by atomic mass is 9.99. The van der Waals surface area contributed by atoms with Crippen LogP contribution in [0.2, 0.25) is 4.34 Å². The summed E-state index contributed by atoms with van der Waals surface area (Å²) in [7, 11) is 0. The molecule has 1 fully saturated rings. The Hall–Kier alpha value is -0.0900. The molecule has 0 radical (unpaired) electrons. The van der Waals surface area contributed by atoms with E-state index >= 15 is 0 Å². The molecule has 0 aliphatic carbocycles. The van der Waals surface area contributed by atoms with Gasteiger partial charge in [0.2, 0.25) is 0 Å². The van der Waals surface area contributed by atoms with E-state index in [9.17, 15) is 5.11 Å². The first-order chi connectivity index (χ1) is 7.65. The van der Waals surface area contributed by atoms with Crippen LogP contribution < -0.4 is 0 Å². The Morgan fingerprint density at radius 2 is 2.19 bits per heavy atom. The van der Waals surface area contributed by atoms with E-state index in [0.29, 0.717) is 0 Å². The van der Waals surface area contributed by atoms with Gasteiger partial charge in [0.25, 0.3) is 0 Å². The van der Waals surface area contributed by atoms with Crippen molar-refractivity contribution in [2.24, 2.45) is 5.92 Å². The number of aliphatic hydroxyl groups is 1. The molecule has 1 unspecified atom stereocenters. The van der Waals surface area contributed by atoms with Gasteiger partial charge in [-0.25, -0.2) is 0 Å². The molecule has 2 nitrogen and oxygen atoms in total. The quantitative estimate of drug-likeness (QED) is 0.901. The molecule has 0 bridgehead atoms. The molecule has 1 aliphatic rings. The summed E-state index contributed by atoms with van der Waals surface area (Å²) in [5.74, 6) is 0.838. The first-order valence-electron chi connectivity index (χ1n) is 5.81. The fourth-order valence-electron chi connectivity index (χ4n) is 2.09. The number of thiophene rings is 1. The van der Waals surface area contributed by atoms with E-state index in [1.54, 1.807) is 0 Å². The predicted molar refractivity (Wildman–Crippen MR) is 69.1 cm³/mol. The summed E-state index contributed by atoms with van der Waals surface area (Å²) < 4.78 is 0.751. The van der Waals surface area contributed by atoms with Crippen molar-refractivity contribution < 1.29 is 5.11 Å². The molecule has 1 aliphatic heterocycles. The van der Waals surface area contributed by atoms with Crippen LogP contribution in [0.3, 0.4) is 0 Å². The minimum atomic E-state index is -0.383. The summed E-state index contributed by atoms with van der Waals surface area (Å²) in [5.41, 5.74) is 0. The van der Waals surface area contributed by atoms with Gasteiger partial charge in [0, 0.05) is 11.4 Å². The molecule has 1 saturated heterocycles. The predicted octanol–water partition coefficient (Wildman–Crippen LogP) is 3.17. The van der Waals surface area contributed by atoms with Crippen molar-refractivity contribution in [1.82, 2.24) is 4.90 Å². The van der Waals surface area contributed by atoms with Crippen molar-refractivity contribution in [2.75, 3.05) is 19.6 Å². The number of halogens is 1. The second-order valence-electron chi connectivity index (χ2n) is 4.64. The van der Waals surface area contributed by atoms with E-state index in [0.717, 1.165) is 34.8 Å². The summed E-state index contributed by atoms with van der Waals surface area (Å²) in [6.07, 6.45) is 2.11. The monoisotopic (exact) mass is 259 g/mol. The maximum atomic E-state index is 10.1. The zero-order valence-electron chi connectivity index (χ0n) is 9.53. The Labute approximate surface area is 106 Å². The van der Waals surface area contributed by atoms with Crippen LogP contribution in [0.5, 0.6) is 0 Å². The number of rotatable bonds is 3. The Balaban J connectivity index is 1.85. The Bertz CT molecular complexity index is 334. The molecule has 90 valence electrons. The zero-order chi connectivity index (χ0) is 11.5. The van der Waals surface area contributed by atoms with Crippen molar-refractivity contribution >= 4 is 22.9 Å². The Morgan fingerprint density at radius 3 is 2.75 bits per heavy atom. The van der Waals surface area contributed by atoms with E-state index < -0.39 is 0 Å². The molecule has 0 amide bonds. The van der Waals surface area contributed by atoms with E-state index in [4.69, 9.17) is 11.6 Å². The van der Waals surface area contributed by atoms with Crippen molar-refractivity contribution in [3.8, 4) is 0 Å². The zero-order valence-corrected chi connectivity index (χ0v) is 11.1. The van der Waals surface area contributed by atoms with Crippen molar-refractivity contribution in [2.45, 2.75) is 25.9 Å². The largest absolute Gasteiger partial charge is 0.386 e. The highest BCUT2D eigenvalue weighted by Gasteiger charge is 2.19. The molecule has 1 atom stereocenters. The first-order valence-corrected chi connectivity index (χ1v) is 7.00. The molecule has 1 aromatic heterocycles. The van der Waals surface area contributed by atoms with Gasteiger partial charge in [0.05, 0.1) is 4.34 Å². The smallest absolute Gasteiger partial charge is 0.101 e. The lowest BCUT2D eigenvalue weighted by Crippen LogP contribution is -2.35. The van der Waals surface area contributed by atoms with Gasteiger partial charge in [-0.3, -0.25) is 0 Å². The highest BCUT2D eigenvalue weighted by Crippen LogP contribution is 2.28. The molecular formula is C12H18ClNOS. The van der Waals surface area contributed by atoms with Crippen LogP contribution in [0.1, 0.15) is 30.7 Å². The van der Waals surface area contributed by atoms with Crippen LogP contribution in [0.15, 0.2) is 12.1 Å². The average Bonchev–Trinajstić information content (AvgIpc) is 2.68. The van der Waals surface area contributed by atoms with Crippen LogP contribution in [-0.2, 0) is 0 Å². The molecule has 2 heterocycles. The second kappa shape index (κ2) is 5.50. The third kappa shape index (κ3) is 3.20. The summed E-state index contributed by atoms with van der Waals surface area (Å²) in [5, 5.41) is 10.1. The molecule has 0 saturated carbocycles. The van der Waals surface area contributed by atoms with Gasteiger partial charge < -0.3 is 10.0 Å². The molecule has 0 spiro atoms. The van der Waals surface area contributed by atoms with Gasteiger partial charge in [-0.1, -0.05) is 18.5 Å². The van der Waals surface area contributed by atoms with Crippen LogP contribution in [0, 0.1) is 5.92 Å². The molecule has 2 rings (SSSR count). The summed E-state index contributed by atoms with van der Waals surface area (Å²) in [6.45, 7) is 5.26. The summed E-state index contributed by atoms with van der Waals surface area (Å²) in [6, 6.07) is 3.77. The number of hydrogen-bond acceptors (Lipinski definition) is 3. The molecule has 0 aromatic carbocycles. The standard InChI is InChI=1S/C12H18ClNOS/c1-9-4-6-14(7-5-9)8-10(15)11-2-3-12(13)16-11/h2-3,9-10,15H,4-8H2,1H3. The minimum Gasteiger partial charge on any atom is -0.386 e. The summed E-state index contributed by atoms with van der Waals surface area (Å²) in [4.78, 5) is 3.32.